The van der Waals surface area contributed by atoms with Crippen molar-refractivity contribution in [1.29, 1.82) is 0 Å². The topological polar surface area (TPSA) is 116 Å². The van der Waals surface area contributed by atoms with Gasteiger partial charge in [-0.25, -0.2) is 4.98 Å². The first-order chi connectivity index (χ1) is 16.5. The molecule has 2 aromatic heterocycles. The lowest BCUT2D eigenvalue weighted by molar-refractivity contribution is 0.0860. The first kappa shape index (κ1) is 25.9. The van der Waals surface area contributed by atoms with Crippen LogP contribution in [0.5, 0.6) is 0 Å². The van der Waals surface area contributed by atoms with Gasteiger partial charge in [-0.15, -0.1) is 23.7 Å². The number of hydrogen-bond acceptors (Lipinski definition) is 6. The number of nitrogens with two attached hydrogens (primary N) is 1. The van der Waals surface area contributed by atoms with Gasteiger partial charge in [0.1, 0.15) is 5.69 Å². The Kier molecular flexibility index (Phi) is 8.34. The molecular formula is C24H30Cl2N6O2S. The number of aromatic nitrogens is 2. The number of H-pyrrole nitrogens is 1. The SMILES string of the molecule is Cl.NCCN1CCc2nc(C(=O)N[C@@H]3CCCC[C@@H]3NC(=O)c3cc4cc(Cl)ccc4[nH]3)sc2C1. The fourth-order valence-electron chi connectivity index (χ4n) is 4.90. The Morgan fingerprint density at radius 1 is 1.17 bits per heavy atom. The van der Waals surface area contributed by atoms with E-state index in [1.807, 2.05) is 12.1 Å². The van der Waals surface area contributed by atoms with E-state index in [9.17, 15) is 9.59 Å². The van der Waals surface area contributed by atoms with Gasteiger partial charge in [-0.2, -0.15) is 0 Å². The third kappa shape index (κ3) is 5.81. The second-order valence-corrected chi connectivity index (χ2v) is 10.6. The van der Waals surface area contributed by atoms with Crippen LogP contribution in [-0.2, 0) is 13.0 Å². The van der Waals surface area contributed by atoms with Crippen molar-refractivity contribution in [3.8, 4) is 0 Å². The van der Waals surface area contributed by atoms with Crippen molar-refractivity contribution >= 4 is 58.1 Å². The minimum atomic E-state index is -0.178. The van der Waals surface area contributed by atoms with E-state index in [2.05, 4.69) is 25.5 Å². The van der Waals surface area contributed by atoms with E-state index in [4.69, 9.17) is 17.3 Å². The van der Waals surface area contributed by atoms with Crippen LogP contribution in [0.3, 0.4) is 0 Å². The van der Waals surface area contributed by atoms with Gasteiger partial charge in [0.25, 0.3) is 11.8 Å². The second kappa shape index (κ2) is 11.3. The average molecular weight is 538 g/mol. The lowest BCUT2D eigenvalue weighted by atomic mass is 9.90. The molecule has 8 nitrogen and oxygen atoms in total. The molecule has 5 rings (SSSR count). The van der Waals surface area contributed by atoms with E-state index >= 15 is 0 Å². The Balaban J connectivity index is 0.00000289. The molecule has 2 amide bonds. The number of thiazole rings is 1. The third-order valence-electron chi connectivity index (χ3n) is 6.68. The summed E-state index contributed by atoms with van der Waals surface area (Å²) >= 11 is 7.54. The summed E-state index contributed by atoms with van der Waals surface area (Å²) in [6, 6.07) is 7.04. The van der Waals surface area contributed by atoms with Gasteiger partial charge in [0, 0.05) is 65.5 Å². The number of hydrogen-bond donors (Lipinski definition) is 4. The number of nitrogens with zero attached hydrogens (tertiary/aromatic N) is 2. The van der Waals surface area contributed by atoms with Crippen molar-refractivity contribution in [3.05, 3.63) is 50.6 Å². The number of carbonyl (C=O) groups excluding carboxylic acids is 2. The molecule has 0 unspecified atom stereocenters. The highest BCUT2D eigenvalue weighted by Gasteiger charge is 2.30. The highest BCUT2D eigenvalue weighted by atomic mass is 35.5. The molecule has 1 aliphatic heterocycles. The zero-order valence-electron chi connectivity index (χ0n) is 19.3. The maximum atomic E-state index is 13.1. The summed E-state index contributed by atoms with van der Waals surface area (Å²) in [6.45, 7) is 3.20. The molecule has 1 fully saturated rings. The second-order valence-electron chi connectivity index (χ2n) is 9.06. The van der Waals surface area contributed by atoms with Crippen molar-refractivity contribution in [1.82, 2.24) is 25.5 Å². The van der Waals surface area contributed by atoms with E-state index < -0.39 is 0 Å². The zero-order valence-corrected chi connectivity index (χ0v) is 21.7. The molecule has 2 aliphatic rings. The monoisotopic (exact) mass is 536 g/mol. The van der Waals surface area contributed by atoms with Gasteiger partial charge in [-0.1, -0.05) is 24.4 Å². The smallest absolute Gasteiger partial charge is 0.280 e. The minimum absolute atomic E-state index is 0. The normalized spacial score (nSPS) is 20.2. The lowest BCUT2D eigenvalue weighted by Gasteiger charge is -2.32. The summed E-state index contributed by atoms with van der Waals surface area (Å²) in [4.78, 5) is 37.3. The number of nitrogens with one attached hydrogen (secondary N) is 3. The minimum Gasteiger partial charge on any atom is -0.351 e. The average Bonchev–Trinajstić information content (AvgIpc) is 3.44. The number of fused-ring (bicyclic) bond motifs is 2. The maximum absolute atomic E-state index is 13.1. The molecular weight excluding hydrogens is 507 g/mol. The molecule has 188 valence electrons. The Morgan fingerprint density at radius 2 is 1.91 bits per heavy atom. The van der Waals surface area contributed by atoms with Crippen LogP contribution in [0, 0.1) is 0 Å². The highest BCUT2D eigenvalue weighted by molar-refractivity contribution is 7.13. The molecule has 11 heteroatoms. The molecule has 0 saturated heterocycles. The van der Waals surface area contributed by atoms with Crippen molar-refractivity contribution in [3.63, 3.8) is 0 Å². The molecule has 0 spiro atoms. The van der Waals surface area contributed by atoms with Crippen LogP contribution in [0.2, 0.25) is 5.02 Å². The van der Waals surface area contributed by atoms with Gasteiger partial charge in [-0.3, -0.25) is 14.5 Å². The van der Waals surface area contributed by atoms with Gasteiger partial charge in [0.15, 0.2) is 5.01 Å². The summed E-state index contributed by atoms with van der Waals surface area (Å²) in [7, 11) is 0. The number of halogens is 2. The van der Waals surface area contributed by atoms with Gasteiger partial charge in [0.2, 0.25) is 0 Å². The largest absolute Gasteiger partial charge is 0.351 e. The van der Waals surface area contributed by atoms with Gasteiger partial charge >= 0.3 is 0 Å². The first-order valence-corrected chi connectivity index (χ1v) is 13.0. The van der Waals surface area contributed by atoms with Crippen LogP contribution in [0.4, 0.5) is 0 Å². The Labute approximate surface area is 219 Å². The number of benzene rings is 1. The van der Waals surface area contributed by atoms with Crippen LogP contribution in [0.25, 0.3) is 10.9 Å². The quantitative estimate of drug-likeness (QED) is 0.384. The summed E-state index contributed by atoms with van der Waals surface area (Å²) < 4.78 is 0. The Morgan fingerprint density at radius 3 is 2.66 bits per heavy atom. The predicted molar refractivity (Wildman–Crippen MR) is 142 cm³/mol. The van der Waals surface area contributed by atoms with Crippen molar-refractivity contribution < 1.29 is 9.59 Å². The van der Waals surface area contributed by atoms with E-state index in [1.165, 1.54) is 11.3 Å². The summed E-state index contributed by atoms with van der Waals surface area (Å²) in [5.74, 6) is -0.334. The van der Waals surface area contributed by atoms with Crippen LogP contribution in [0.15, 0.2) is 24.3 Å². The van der Waals surface area contributed by atoms with Crippen LogP contribution in [0.1, 0.15) is 56.5 Å². The first-order valence-electron chi connectivity index (χ1n) is 11.8. The molecule has 0 bridgehead atoms. The highest BCUT2D eigenvalue weighted by Crippen LogP contribution is 2.26. The van der Waals surface area contributed by atoms with E-state index in [1.54, 1.807) is 12.1 Å². The molecule has 3 aromatic rings. The van der Waals surface area contributed by atoms with Gasteiger partial charge in [0.05, 0.1) is 5.69 Å². The van der Waals surface area contributed by atoms with Crippen LogP contribution in [-0.4, -0.2) is 58.4 Å². The van der Waals surface area contributed by atoms with Gasteiger partial charge in [-0.05, 0) is 37.1 Å². The standard InChI is InChI=1S/C24H29ClN6O2S.ClH/c25-15-5-6-16-14(11-15)12-20(27-16)22(32)28-17-3-1-2-4-18(17)29-23(33)24-30-19-7-9-31(10-8-26)13-21(19)34-24;/h5-6,11-12,17-18,27H,1-4,7-10,13,26H2,(H,28,32)(H,29,33);1H/t17-,18+;/m0./s1. The fraction of sp³-hybridized carbons (Fsp3) is 0.458. The van der Waals surface area contributed by atoms with Crippen molar-refractivity contribution in [2.75, 3.05) is 19.6 Å². The summed E-state index contributed by atoms with van der Waals surface area (Å²) in [5, 5.41) is 8.31. The maximum Gasteiger partial charge on any atom is 0.280 e. The number of aromatic amines is 1. The molecule has 1 saturated carbocycles. The fourth-order valence-corrected chi connectivity index (χ4v) is 6.13. The number of carbonyl (C=O) groups is 2. The zero-order chi connectivity index (χ0) is 23.7. The summed E-state index contributed by atoms with van der Waals surface area (Å²) in [5.41, 5.74) is 8.07. The van der Waals surface area contributed by atoms with Crippen LogP contribution < -0.4 is 16.4 Å². The number of amides is 2. The number of rotatable bonds is 6. The molecule has 3 heterocycles. The Hall–Kier alpha value is -2.17. The van der Waals surface area contributed by atoms with E-state index in [0.717, 1.165) is 73.2 Å². The molecule has 35 heavy (non-hydrogen) atoms. The predicted octanol–water partition coefficient (Wildman–Crippen LogP) is 3.49. The molecule has 1 aromatic carbocycles. The van der Waals surface area contributed by atoms with E-state index in [-0.39, 0.29) is 36.3 Å². The van der Waals surface area contributed by atoms with Crippen molar-refractivity contribution in [2.24, 2.45) is 5.73 Å². The van der Waals surface area contributed by atoms with Gasteiger partial charge < -0.3 is 21.4 Å². The van der Waals surface area contributed by atoms with E-state index in [0.29, 0.717) is 22.3 Å². The molecule has 1 aliphatic carbocycles. The molecule has 5 N–H and O–H groups in total. The molecule has 0 radical (unpaired) electrons. The van der Waals surface area contributed by atoms with Crippen molar-refractivity contribution in [2.45, 2.75) is 50.7 Å². The lowest BCUT2D eigenvalue weighted by Crippen LogP contribution is -2.53. The third-order valence-corrected chi connectivity index (χ3v) is 7.99. The summed E-state index contributed by atoms with van der Waals surface area (Å²) in [6.07, 6.45) is 4.53. The molecule has 2 atom stereocenters. The Bertz CT molecular complexity index is 1210. The van der Waals surface area contributed by atoms with Crippen LogP contribution >= 0.6 is 35.3 Å².